The molecular weight excluding hydrogens is 224 g/mol. The van der Waals surface area contributed by atoms with Gasteiger partial charge in [-0.2, -0.15) is 0 Å². The van der Waals surface area contributed by atoms with E-state index in [9.17, 15) is 0 Å². The average Bonchev–Trinajstić information content (AvgIpc) is 2.79. The molecule has 4 nitrogen and oxygen atoms in total. The molecule has 96 valence electrons. The van der Waals surface area contributed by atoms with Crippen LogP contribution in [0.3, 0.4) is 0 Å². The Hall–Kier alpha value is -1.68. The highest BCUT2D eigenvalue weighted by Gasteiger charge is 2.20. The zero-order chi connectivity index (χ0) is 13.0. The minimum atomic E-state index is 0.0252. The second-order valence-corrected chi connectivity index (χ2v) is 4.59. The first-order valence-electron chi connectivity index (χ1n) is 6.41. The van der Waals surface area contributed by atoms with Gasteiger partial charge in [0.25, 0.3) is 0 Å². The molecule has 0 radical (unpaired) electrons. The molecule has 2 atom stereocenters. The van der Waals surface area contributed by atoms with Crippen LogP contribution in [-0.4, -0.2) is 20.6 Å². The molecule has 2 N–H and O–H groups in total. The summed E-state index contributed by atoms with van der Waals surface area (Å²) in [4.78, 5) is 8.49. The van der Waals surface area contributed by atoms with Crippen LogP contribution in [0.5, 0.6) is 0 Å². The van der Waals surface area contributed by atoms with E-state index in [0.29, 0.717) is 0 Å². The second-order valence-electron chi connectivity index (χ2n) is 4.59. The van der Waals surface area contributed by atoms with Crippen molar-refractivity contribution in [3.05, 3.63) is 48.3 Å². The Morgan fingerprint density at radius 1 is 1.28 bits per heavy atom. The van der Waals surface area contributed by atoms with Crippen molar-refractivity contribution in [2.75, 3.05) is 0 Å². The molecule has 2 aromatic rings. The van der Waals surface area contributed by atoms with Gasteiger partial charge in [0, 0.05) is 37.3 Å². The Morgan fingerprint density at radius 2 is 2.00 bits per heavy atom. The third kappa shape index (κ3) is 2.59. The highest BCUT2D eigenvalue weighted by atomic mass is 15.1. The van der Waals surface area contributed by atoms with E-state index in [1.165, 1.54) is 5.56 Å². The van der Waals surface area contributed by atoms with Crippen molar-refractivity contribution in [3.63, 3.8) is 0 Å². The zero-order valence-electron chi connectivity index (χ0n) is 11.0. The maximum Gasteiger partial charge on any atom is 0.109 e. The summed E-state index contributed by atoms with van der Waals surface area (Å²) in [6, 6.07) is 4.18. The van der Waals surface area contributed by atoms with Crippen LogP contribution in [0.25, 0.3) is 0 Å². The van der Waals surface area contributed by atoms with Crippen molar-refractivity contribution in [2.24, 2.45) is 5.73 Å². The van der Waals surface area contributed by atoms with Crippen LogP contribution in [0.15, 0.2) is 36.9 Å². The summed E-state index contributed by atoms with van der Waals surface area (Å²) in [5.74, 6) is 1.09. The lowest BCUT2D eigenvalue weighted by molar-refractivity contribution is 0.478. The minimum Gasteiger partial charge on any atom is -0.326 e. The Morgan fingerprint density at radius 3 is 2.61 bits per heavy atom. The van der Waals surface area contributed by atoms with E-state index in [4.69, 9.17) is 5.73 Å². The molecular formula is C14H20N4. The van der Waals surface area contributed by atoms with E-state index in [-0.39, 0.29) is 12.1 Å². The number of hydrogen-bond donors (Lipinski definition) is 1. The van der Waals surface area contributed by atoms with E-state index in [1.807, 2.05) is 31.5 Å². The molecule has 2 aromatic heterocycles. The predicted octanol–water partition coefficient (Wildman–Crippen LogP) is 2.17. The first kappa shape index (κ1) is 12.8. The Labute approximate surface area is 108 Å². The van der Waals surface area contributed by atoms with Gasteiger partial charge in [-0.1, -0.05) is 6.92 Å². The zero-order valence-corrected chi connectivity index (χ0v) is 11.0. The summed E-state index contributed by atoms with van der Waals surface area (Å²) in [6.45, 7) is 4.19. The molecule has 2 rings (SSSR count). The van der Waals surface area contributed by atoms with Gasteiger partial charge in [0.1, 0.15) is 5.82 Å². The summed E-state index contributed by atoms with van der Waals surface area (Å²) in [6.07, 6.45) is 9.53. The molecule has 0 aliphatic rings. The van der Waals surface area contributed by atoms with E-state index in [1.54, 1.807) is 12.4 Å². The van der Waals surface area contributed by atoms with Crippen molar-refractivity contribution in [2.45, 2.75) is 38.8 Å². The molecule has 0 spiro atoms. The third-order valence-electron chi connectivity index (χ3n) is 3.07. The lowest BCUT2D eigenvalue weighted by Gasteiger charge is -2.24. The minimum absolute atomic E-state index is 0.0252. The summed E-state index contributed by atoms with van der Waals surface area (Å²) in [5, 5.41) is 0. The van der Waals surface area contributed by atoms with Gasteiger partial charge in [-0.15, -0.1) is 0 Å². The summed E-state index contributed by atoms with van der Waals surface area (Å²) >= 11 is 0. The van der Waals surface area contributed by atoms with Crippen LogP contribution in [0.4, 0.5) is 0 Å². The number of aromatic nitrogens is 3. The van der Waals surface area contributed by atoms with Gasteiger partial charge in [-0.05, 0) is 31.0 Å². The van der Waals surface area contributed by atoms with E-state index < -0.39 is 0 Å². The number of aryl methyl sites for hydroxylation is 1. The molecule has 0 aliphatic carbocycles. The topological polar surface area (TPSA) is 56.7 Å². The fraction of sp³-hybridized carbons (Fsp3) is 0.429. The van der Waals surface area contributed by atoms with Crippen LogP contribution in [-0.2, 0) is 6.42 Å². The Balaban J connectivity index is 2.39. The average molecular weight is 244 g/mol. The third-order valence-corrected chi connectivity index (χ3v) is 3.07. The maximum absolute atomic E-state index is 6.16. The number of imidazole rings is 1. The van der Waals surface area contributed by atoms with Crippen LogP contribution >= 0.6 is 0 Å². The normalized spacial score (nSPS) is 14.4. The highest BCUT2D eigenvalue weighted by Crippen LogP contribution is 2.22. The predicted molar refractivity (Wildman–Crippen MR) is 72.2 cm³/mol. The largest absolute Gasteiger partial charge is 0.326 e. The summed E-state index contributed by atoms with van der Waals surface area (Å²) in [5.41, 5.74) is 7.33. The van der Waals surface area contributed by atoms with Crippen LogP contribution in [0.1, 0.15) is 37.7 Å². The van der Waals surface area contributed by atoms with Gasteiger partial charge in [0.15, 0.2) is 0 Å². The van der Waals surface area contributed by atoms with Gasteiger partial charge < -0.3 is 10.3 Å². The molecule has 0 saturated carbocycles. The van der Waals surface area contributed by atoms with Gasteiger partial charge >= 0.3 is 0 Å². The second kappa shape index (κ2) is 5.78. The van der Waals surface area contributed by atoms with Crippen molar-refractivity contribution in [1.29, 1.82) is 0 Å². The van der Waals surface area contributed by atoms with Gasteiger partial charge in [-0.3, -0.25) is 4.98 Å². The molecule has 0 amide bonds. The van der Waals surface area contributed by atoms with Crippen LogP contribution in [0, 0.1) is 0 Å². The smallest absolute Gasteiger partial charge is 0.109 e. The van der Waals surface area contributed by atoms with Crippen LogP contribution in [0.2, 0.25) is 0 Å². The number of pyridine rings is 1. The molecule has 0 fully saturated rings. The van der Waals surface area contributed by atoms with Gasteiger partial charge in [-0.25, -0.2) is 4.98 Å². The lowest BCUT2D eigenvalue weighted by atomic mass is 10.0. The molecule has 0 aliphatic heterocycles. The number of nitrogens with zero attached hydrogens (tertiary/aromatic N) is 3. The standard InChI is InChI=1S/C14H20N4/c1-3-4-13-17-9-10-18(13)14(11(2)15)12-5-7-16-8-6-12/h5-11,14H,3-4,15H2,1-2H3. The van der Waals surface area contributed by atoms with Crippen molar-refractivity contribution in [1.82, 2.24) is 14.5 Å². The molecule has 0 saturated heterocycles. The maximum atomic E-state index is 6.16. The first-order valence-corrected chi connectivity index (χ1v) is 6.41. The molecule has 2 unspecified atom stereocenters. The number of rotatable bonds is 5. The summed E-state index contributed by atoms with van der Waals surface area (Å²) < 4.78 is 2.18. The molecule has 0 aromatic carbocycles. The monoisotopic (exact) mass is 244 g/mol. The fourth-order valence-corrected chi connectivity index (χ4v) is 2.29. The fourth-order valence-electron chi connectivity index (χ4n) is 2.29. The highest BCUT2D eigenvalue weighted by molar-refractivity contribution is 5.19. The molecule has 18 heavy (non-hydrogen) atoms. The number of hydrogen-bond acceptors (Lipinski definition) is 3. The van der Waals surface area contributed by atoms with Crippen molar-refractivity contribution >= 4 is 0 Å². The quantitative estimate of drug-likeness (QED) is 0.877. The number of nitrogens with two attached hydrogens (primary N) is 1. The first-order chi connectivity index (χ1) is 8.74. The SMILES string of the molecule is CCCc1nccn1C(c1ccncc1)C(C)N. The Bertz CT molecular complexity index is 476. The Kier molecular flexibility index (Phi) is 4.10. The molecule has 0 bridgehead atoms. The van der Waals surface area contributed by atoms with Crippen molar-refractivity contribution in [3.8, 4) is 0 Å². The van der Waals surface area contributed by atoms with E-state index >= 15 is 0 Å². The van der Waals surface area contributed by atoms with Crippen molar-refractivity contribution < 1.29 is 0 Å². The van der Waals surface area contributed by atoms with E-state index in [2.05, 4.69) is 21.5 Å². The molecule has 4 heteroatoms. The summed E-state index contributed by atoms with van der Waals surface area (Å²) in [7, 11) is 0. The van der Waals surface area contributed by atoms with Gasteiger partial charge in [0.05, 0.1) is 6.04 Å². The molecule has 2 heterocycles. The lowest BCUT2D eigenvalue weighted by Crippen LogP contribution is -2.31. The van der Waals surface area contributed by atoms with Crippen LogP contribution < -0.4 is 5.73 Å². The van der Waals surface area contributed by atoms with E-state index in [0.717, 1.165) is 18.7 Å². The van der Waals surface area contributed by atoms with Gasteiger partial charge in [0.2, 0.25) is 0 Å².